The van der Waals surface area contributed by atoms with Gasteiger partial charge in [0.05, 0.1) is 5.69 Å². The van der Waals surface area contributed by atoms with Crippen molar-refractivity contribution in [2.45, 2.75) is 13.0 Å². The number of hydrogen-bond donors (Lipinski definition) is 1. The van der Waals surface area contributed by atoms with Gasteiger partial charge < -0.3 is 10.5 Å². The number of alkyl halides is 2. The molecule has 0 aliphatic carbocycles. The van der Waals surface area contributed by atoms with Gasteiger partial charge in [0, 0.05) is 11.6 Å². The van der Waals surface area contributed by atoms with E-state index in [2.05, 4.69) is 20.5 Å². The Morgan fingerprint density at radius 1 is 1.15 bits per heavy atom. The maximum Gasteiger partial charge on any atom is 0.271 e. The SMILES string of the molecule is NC(=O)c1nnn(-c2ccc(C(F)F)cc2)c1COc1ccc(Cl)nn1. The molecule has 0 saturated heterocycles. The number of carbonyl (C=O) groups excluding carboxylic acids is 1. The van der Waals surface area contributed by atoms with Gasteiger partial charge in [0.2, 0.25) is 5.88 Å². The average Bonchev–Trinajstić information content (AvgIpc) is 3.05. The molecule has 0 aliphatic heterocycles. The van der Waals surface area contributed by atoms with Crippen molar-refractivity contribution in [3.05, 3.63) is 58.5 Å². The Hall–Kier alpha value is -3.14. The zero-order valence-electron chi connectivity index (χ0n) is 13.0. The van der Waals surface area contributed by atoms with E-state index in [-0.39, 0.29) is 34.6 Å². The van der Waals surface area contributed by atoms with Crippen LogP contribution in [-0.4, -0.2) is 31.1 Å². The molecule has 134 valence electrons. The quantitative estimate of drug-likeness (QED) is 0.703. The number of ether oxygens (including phenoxy) is 1. The molecule has 0 radical (unpaired) electrons. The fourth-order valence-electron chi connectivity index (χ4n) is 2.11. The van der Waals surface area contributed by atoms with Gasteiger partial charge in [-0.3, -0.25) is 4.79 Å². The summed E-state index contributed by atoms with van der Waals surface area (Å²) in [6, 6.07) is 8.32. The van der Waals surface area contributed by atoms with Crippen molar-refractivity contribution in [3.63, 3.8) is 0 Å². The highest BCUT2D eigenvalue weighted by Gasteiger charge is 2.20. The molecule has 0 aliphatic rings. The number of amides is 1. The first-order chi connectivity index (χ1) is 12.5. The van der Waals surface area contributed by atoms with Gasteiger partial charge in [-0.05, 0) is 18.2 Å². The van der Waals surface area contributed by atoms with Gasteiger partial charge in [0.25, 0.3) is 12.3 Å². The molecule has 3 rings (SSSR count). The topological polar surface area (TPSA) is 109 Å². The Labute approximate surface area is 150 Å². The summed E-state index contributed by atoms with van der Waals surface area (Å²) in [6.45, 7) is -0.155. The molecule has 3 aromatic rings. The lowest BCUT2D eigenvalue weighted by atomic mass is 10.2. The van der Waals surface area contributed by atoms with Crippen molar-refractivity contribution >= 4 is 17.5 Å². The lowest BCUT2D eigenvalue weighted by Gasteiger charge is -2.09. The second-order valence-electron chi connectivity index (χ2n) is 5.04. The molecular formula is C15H11ClF2N6O2. The fraction of sp³-hybridized carbons (Fsp3) is 0.133. The van der Waals surface area contributed by atoms with E-state index in [0.717, 1.165) is 0 Å². The van der Waals surface area contributed by atoms with Gasteiger partial charge in [-0.25, -0.2) is 13.5 Å². The molecular weight excluding hydrogens is 370 g/mol. The van der Waals surface area contributed by atoms with Crippen LogP contribution in [0.2, 0.25) is 5.15 Å². The Bertz CT molecular complexity index is 915. The summed E-state index contributed by atoms with van der Waals surface area (Å²) in [5, 5.41) is 15.1. The van der Waals surface area contributed by atoms with Gasteiger partial charge in [-0.15, -0.1) is 15.3 Å². The van der Waals surface area contributed by atoms with Crippen LogP contribution in [0.1, 0.15) is 28.2 Å². The number of carbonyl (C=O) groups is 1. The molecule has 0 fully saturated rings. The van der Waals surface area contributed by atoms with Crippen LogP contribution >= 0.6 is 11.6 Å². The fourth-order valence-corrected chi connectivity index (χ4v) is 2.21. The van der Waals surface area contributed by atoms with Crippen LogP contribution in [-0.2, 0) is 6.61 Å². The zero-order valence-corrected chi connectivity index (χ0v) is 13.8. The Morgan fingerprint density at radius 2 is 1.88 bits per heavy atom. The highest BCUT2D eigenvalue weighted by molar-refractivity contribution is 6.29. The van der Waals surface area contributed by atoms with Crippen LogP contribution in [0.4, 0.5) is 8.78 Å². The van der Waals surface area contributed by atoms with Crippen molar-refractivity contribution in [1.82, 2.24) is 25.2 Å². The molecule has 0 saturated carbocycles. The number of halogens is 3. The zero-order chi connectivity index (χ0) is 18.7. The minimum Gasteiger partial charge on any atom is -0.470 e. The standard InChI is InChI=1S/C15H11ClF2N6O2/c16-11-5-6-12(21-20-11)26-7-10-13(15(19)25)22-23-24(10)9-3-1-8(2-4-9)14(17)18/h1-6,14H,7H2,(H2,19,25). The smallest absolute Gasteiger partial charge is 0.271 e. The molecule has 2 N–H and O–H groups in total. The van der Waals surface area contributed by atoms with Crippen molar-refractivity contribution in [1.29, 1.82) is 0 Å². The van der Waals surface area contributed by atoms with Crippen molar-refractivity contribution in [2.24, 2.45) is 5.73 Å². The van der Waals surface area contributed by atoms with E-state index in [0.29, 0.717) is 5.69 Å². The summed E-state index contributed by atoms with van der Waals surface area (Å²) >= 11 is 5.65. The molecule has 1 amide bonds. The number of aromatic nitrogens is 5. The van der Waals surface area contributed by atoms with Gasteiger partial charge in [0.1, 0.15) is 12.3 Å². The monoisotopic (exact) mass is 380 g/mol. The number of hydrogen-bond acceptors (Lipinski definition) is 6. The van der Waals surface area contributed by atoms with Crippen LogP contribution in [0.15, 0.2) is 36.4 Å². The molecule has 2 heterocycles. The van der Waals surface area contributed by atoms with Crippen molar-refractivity contribution in [3.8, 4) is 11.6 Å². The molecule has 26 heavy (non-hydrogen) atoms. The normalized spacial score (nSPS) is 10.9. The molecule has 0 atom stereocenters. The Kier molecular flexibility index (Phi) is 5.03. The van der Waals surface area contributed by atoms with E-state index in [1.165, 1.54) is 41.1 Å². The van der Waals surface area contributed by atoms with E-state index in [1.54, 1.807) is 0 Å². The van der Waals surface area contributed by atoms with Crippen LogP contribution in [0.5, 0.6) is 5.88 Å². The second kappa shape index (κ2) is 7.40. The number of nitrogens with zero attached hydrogens (tertiary/aromatic N) is 5. The van der Waals surface area contributed by atoms with Crippen LogP contribution < -0.4 is 10.5 Å². The maximum atomic E-state index is 12.7. The molecule has 8 nitrogen and oxygen atoms in total. The van der Waals surface area contributed by atoms with Crippen LogP contribution in [0.25, 0.3) is 5.69 Å². The summed E-state index contributed by atoms with van der Waals surface area (Å²) in [7, 11) is 0. The number of rotatable bonds is 6. The van der Waals surface area contributed by atoms with Crippen LogP contribution in [0.3, 0.4) is 0 Å². The summed E-state index contributed by atoms with van der Waals surface area (Å²) in [6.07, 6.45) is -2.59. The first-order valence-corrected chi connectivity index (χ1v) is 7.58. The molecule has 0 bridgehead atoms. The number of primary amides is 1. The minimum atomic E-state index is -2.59. The minimum absolute atomic E-state index is 0.107. The Morgan fingerprint density at radius 3 is 2.46 bits per heavy atom. The van der Waals surface area contributed by atoms with E-state index < -0.39 is 12.3 Å². The maximum absolute atomic E-state index is 12.7. The first-order valence-electron chi connectivity index (χ1n) is 7.20. The van der Waals surface area contributed by atoms with Gasteiger partial charge in [-0.2, -0.15) is 0 Å². The lowest BCUT2D eigenvalue weighted by Crippen LogP contribution is -2.16. The predicted octanol–water partition coefficient (Wildman–Crippen LogP) is 2.33. The molecule has 0 spiro atoms. The largest absolute Gasteiger partial charge is 0.470 e. The van der Waals surface area contributed by atoms with Gasteiger partial charge in [0.15, 0.2) is 10.8 Å². The third kappa shape index (κ3) is 3.75. The van der Waals surface area contributed by atoms with E-state index in [1.807, 2.05) is 0 Å². The molecule has 11 heteroatoms. The van der Waals surface area contributed by atoms with Gasteiger partial charge >= 0.3 is 0 Å². The molecule has 1 aromatic carbocycles. The van der Waals surface area contributed by atoms with Crippen molar-refractivity contribution < 1.29 is 18.3 Å². The number of nitrogens with two attached hydrogens (primary N) is 1. The van der Waals surface area contributed by atoms with Crippen molar-refractivity contribution in [2.75, 3.05) is 0 Å². The van der Waals surface area contributed by atoms with Crippen LogP contribution in [0, 0.1) is 0 Å². The van der Waals surface area contributed by atoms with Gasteiger partial charge in [-0.1, -0.05) is 28.9 Å². The predicted molar refractivity (Wildman–Crippen MR) is 86.2 cm³/mol. The summed E-state index contributed by atoms with van der Waals surface area (Å²) in [4.78, 5) is 11.6. The first kappa shape index (κ1) is 17.7. The number of benzene rings is 1. The third-order valence-corrected chi connectivity index (χ3v) is 3.55. The van der Waals surface area contributed by atoms with E-state index in [4.69, 9.17) is 22.1 Å². The third-order valence-electron chi connectivity index (χ3n) is 3.35. The molecule has 0 unspecified atom stereocenters. The lowest BCUT2D eigenvalue weighted by molar-refractivity contribution is 0.0992. The Balaban J connectivity index is 1.90. The van der Waals surface area contributed by atoms with E-state index >= 15 is 0 Å². The highest BCUT2D eigenvalue weighted by atomic mass is 35.5. The summed E-state index contributed by atoms with van der Waals surface area (Å²) < 4.78 is 32.1. The summed E-state index contributed by atoms with van der Waals surface area (Å²) in [5.41, 5.74) is 5.70. The van der Waals surface area contributed by atoms with E-state index in [9.17, 15) is 13.6 Å². The average molecular weight is 381 g/mol. The molecule has 2 aromatic heterocycles. The highest BCUT2D eigenvalue weighted by Crippen LogP contribution is 2.21. The second-order valence-corrected chi connectivity index (χ2v) is 5.42. The summed E-state index contributed by atoms with van der Waals surface area (Å²) in [5.74, 6) is -0.646.